The van der Waals surface area contributed by atoms with E-state index in [1.807, 2.05) is 36.1 Å². The van der Waals surface area contributed by atoms with E-state index in [1.54, 1.807) is 24.3 Å². The van der Waals surface area contributed by atoms with E-state index in [1.165, 1.54) is 0 Å². The summed E-state index contributed by atoms with van der Waals surface area (Å²) in [6, 6.07) is 14.5. The van der Waals surface area contributed by atoms with Crippen molar-refractivity contribution in [2.45, 2.75) is 50.3 Å². The van der Waals surface area contributed by atoms with Crippen LogP contribution in [0, 0.1) is 6.92 Å². The maximum Gasteiger partial charge on any atom is 0.254 e. The zero-order chi connectivity index (χ0) is 23.2. The topological polar surface area (TPSA) is 75.7 Å². The Morgan fingerprint density at radius 2 is 1.69 bits per heavy atom. The van der Waals surface area contributed by atoms with Crippen molar-refractivity contribution >= 4 is 15.9 Å². The van der Waals surface area contributed by atoms with Crippen LogP contribution in [0.25, 0.3) is 0 Å². The van der Waals surface area contributed by atoms with Gasteiger partial charge in [0.15, 0.2) is 0 Å². The number of unbranched alkanes of at least 4 members (excludes halogenated alkanes) is 1. The number of ether oxygens (including phenoxy) is 1. The van der Waals surface area contributed by atoms with E-state index in [0.29, 0.717) is 38.4 Å². The van der Waals surface area contributed by atoms with Gasteiger partial charge in [0.1, 0.15) is 0 Å². The Hall–Kier alpha value is -2.22. The molecule has 6 nitrogen and oxygen atoms in total. The summed E-state index contributed by atoms with van der Waals surface area (Å²) in [5.41, 5.74) is 2.31. The van der Waals surface area contributed by atoms with Gasteiger partial charge in [-0.05, 0) is 43.2 Å². The number of sulfonamides is 1. The summed E-state index contributed by atoms with van der Waals surface area (Å²) in [6.45, 7) is 8.78. The number of hydrogen-bond donors (Lipinski definition) is 1. The molecule has 1 fully saturated rings. The molecule has 1 aliphatic heterocycles. The largest absolute Gasteiger partial charge is 0.378 e. The molecule has 32 heavy (non-hydrogen) atoms. The van der Waals surface area contributed by atoms with Crippen LogP contribution < -0.4 is 4.72 Å². The third kappa shape index (κ3) is 5.97. The molecule has 174 valence electrons. The first-order chi connectivity index (χ1) is 15.2. The summed E-state index contributed by atoms with van der Waals surface area (Å²) in [6.07, 6.45) is 2.85. The fourth-order valence-corrected chi connectivity index (χ4v) is 5.09. The zero-order valence-electron chi connectivity index (χ0n) is 19.3. The number of carbonyl (C=O) groups excluding carboxylic acids is 1. The van der Waals surface area contributed by atoms with Crippen molar-refractivity contribution in [1.82, 2.24) is 9.62 Å². The second kappa shape index (κ2) is 10.6. The van der Waals surface area contributed by atoms with Gasteiger partial charge < -0.3 is 9.64 Å². The predicted molar refractivity (Wildman–Crippen MR) is 126 cm³/mol. The van der Waals surface area contributed by atoms with Crippen molar-refractivity contribution in [2.24, 2.45) is 0 Å². The smallest absolute Gasteiger partial charge is 0.254 e. The molecule has 3 rings (SSSR count). The fraction of sp³-hybridized carbons (Fsp3) is 0.480. The third-order valence-corrected chi connectivity index (χ3v) is 7.61. The number of morpholine rings is 1. The molecule has 0 saturated carbocycles. The summed E-state index contributed by atoms with van der Waals surface area (Å²) in [5, 5.41) is 0. The van der Waals surface area contributed by atoms with Gasteiger partial charge in [-0.2, -0.15) is 0 Å². The van der Waals surface area contributed by atoms with Gasteiger partial charge in [-0.15, -0.1) is 0 Å². The van der Waals surface area contributed by atoms with Crippen molar-refractivity contribution in [3.8, 4) is 0 Å². The number of carbonyl (C=O) groups is 1. The summed E-state index contributed by atoms with van der Waals surface area (Å²) in [7, 11) is -3.60. The van der Waals surface area contributed by atoms with E-state index >= 15 is 0 Å². The standard InChI is InChI=1S/C25H34N2O4S/c1-4-5-14-25(3,19-26-32(29,30)23-12-6-20(2)7-13-23)22-10-8-21(9-11-22)24(28)27-15-17-31-18-16-27/h6-13,26H,4-5,14-19H2,1-3H3. The summed E-state index contributed by atoms with van der Waals surface area (Å²) < 4.78 is 33.8. The Morgan fingerprint density at radius 1 is 1.06 bits per heavy atom. The highest BCUT2D eigenvalue weighted by atomic mass is 32.2. The van der Waals surface area contributed by atoms with Gasteiger partial charge in [-0.3, -0.25) is 4.79 Å². The Balaban J connectivity index is 1.76. The summed E-state index contributed by atoms with van der Waals surface area (Å²) in [5.74, 6) is 0.00943. The van der Waals surface area contributed by atoms with Crippen molar-refractivity contribution in [1.29, 1.82) is 0 Å². The lowest BCUT2D eigenvalue weighted by Crippen LogP contribution is -2.41. The Kier molecular flexibility index (Phi) is 8.09. The molecule has 7 heteroatoms. The molecule has 0 aliphatic carbocycles. The van der Waals surface area contributed by atoms with Crippen molar-refractivity contribution in [3.63, 3.8) is 0 Å². The second-order valence-electron chi connectivity index (χ2n) is 8.78. The van der Waals surface area contributed by atoms with Gasteiger partial charge in [-0.1, -0.05) is 56.5 Å². The van der Waals surface area contributed by atoms with E-state index in [-0.39, 0.29) is 16.2 Å². The highest BCUT2D eigenvalue weighted by Gasteiger charge is 2.29. The molecule has 1 N–H and O–H groups in total. The average molecular weight is 459 g/mol. The Bertz CT molecular complexity index is 997. The van der Waals surface area contributed by atoms with Gasteiger partial charge in [-0.25, -0.2) is 13.1 Å². The molecule has 0 spiro atoms. The van der Waals surface area contributed by atoms with Crippen LogP contribution in [0.4, 0.5) is 0 Å². The predicted octanol–water partition coefficient (Wildman–Crippen LogP) is 3.89. The molecule has 2 aromatic rings. The Labute approximate surface area is 192 Å². The monoisotopic (exact) mass is 458 g/mol. The molecule has 1 amide bonds. The van der Waals surface area contributed by atoms with Crippen LogP contribution in [0.3, 0.4) is 0 Å². The van der Waals surface area contributed by atoms with Crippen LogP contribution in [0.5, 0.6) is 0 Å². The first-order valence-corrected chi connectivity index (χ1v) is 12.8. The minimum Gasteiger partial charge on any atom is -0.378 e. The molecule has 1 unspecified atom stereocenters. The molecule has 0 bridgehead atoms. The van der Waals surface area contributed by atoms with E-state index < -0.39 is 10.0 Å². The number of benzene rings is 2. The Morgan fingerprint density at radius 3 is 2.28 bits per heavy atom. The second-order valence-corrected chi connectivity index (χ2v) is 10.6. The van der Waals surface area contributed by atoms with Gasteiger partial charge in [0.2, 0.25) is 10.0 Å². The first-order valence-electron chi connectivity index (χ1n) is 11.3. The molecule has 1 saturated heterocycles. The van der Waals surface area contributed by atoms with E-state index in [9.17, 15) is 13.2 Å². The van der Waals surface area contributed by atoms with E-state index in [0.717, 1.165) is 30.4 Å². The number of nitrogens with zero attached hydrogens (tertiary/aromatic N) is 1. The van der Waals surface area contributed by atoms with Crippen molar-refractivity contribution < 1.29 is 17.9 Å². The minimum atomic E-state index is -3.60. The SMILES string of the molecule is CCCCC(C)(CNS(=O)(=O)c1ccc(C)cc1)c1ccc(C(=O)N2CCOCC2)cc1. The van der Waals surface area contributed by atoms with Crippen LogP contribution in [-0.4, -0.2) is 52.1 Å². The van der Waals surface area contributed by atoms with Crippen LogP contribution in [-0.2, 0) is 20.2 Å². The molecule has 0 aromatic heterocycles. The number of aryl methyl sites for hydroxylation is 1. The highest BCUT2D eigenvalue weighted by Crippen LogP contribution is 2.30. The number of amides is 1. The number of rotatable bonds is 9. The van der Waals surface area contributed by atoms with Crippen LogP contribution in [0.15, 0.2) is 53.4 Å². The molecule has 0 radical (unpaired) electrons. The molecular weight excluding hydrogens is 424 g/mol. The minimum absolute atomic E-state index is 0.00943. The van der Waals surface area contributed by atoms with Crippen LogP contribution in [0.1, 0.15) is 54.6 Å². The third-order valence-electron chi connectivity index (χ3n) is 6.19. The van der Waals surface area contributed by atoms with Crippen molar-refractivity contribution in [3.05, 3.63) is 65.2 Å². The number of nitrogens with one attached hydrogen (secondary N) is 1. The lowest BCUT2D eigenvalue weighted by atomic mass is 9.78. The molecule has 1 atom stereocenters. The van der Waals surface area contributed by atoms with Crippen LogP contribution >= 0.6 is 0 Å². The first kappa shape index (κ1) is 24.4. The zero-order valence-corrected chi connectivity index (χ0v) is 20.1. The summed E-state index contributed by atoms with van der Waals surface area (Å²) in [4.78, 5) is 14.8. The number of hydrogen-bond acceptors (Lipinski definition) is 4. The maximum atomic E-state index is 12.8. The van der Waals surface area contributed by atoms with Crippen molar-refractivity contribution in [2.75, 3.05) is 32.8 Å². The maximum absolute atomic E-state index is 12.8. The summed E-state index contributed by atoms with van der Waals surface area (Å²) >= 11 is 0. The lowest BCUT2D eigenvalue weighted by molar-refractivity contribution is 0.0303. The van der Waals surface area contributed by atoms with E-state index in [2.05, 4.69) is 18.6 Å². The normalized spacial score (nSPS) is 16.5. The van der Waals surface area contributed by atoms with Gasteiger partial charge >= 0.3 is 0 Å². The lowest BCUT2D eigenvalue weighted by Gasteiger charge is -2.31. The van der Waals surface area contributed by atoms with Crippen LogP contribution in [0.2, 0.25) is 0 Å². The average Bonchev–Trinajstić information content (AvgIpc) is 2.82. The van der Waals surface area contributed by atoms with Gasteiger partial charge in [0, 0.05) is 30.6 Å². The van der Waals surface area contributed by atoms with Gasteiger partial charge in [0.25, 0.3) is 5.91 Å². The molecule has 1 aliphatic rings. The van der Waals surface area contributed by atoms with E-state index in [4.69, 9.17) is 4.74 Å². The molecule has 1 heterocycles. The fourth-order valence-electron chi connectivity index (χ4n) is 3.92. The molecular formula is C25H34N2O4S. The van der Waals surface area contributed by atoms with Gasteiger partial charge in [0.05, 0.1) is 18.1 Å². The molecule has 2 aromatic carbocycles. The quantitative estimate of drug-likeness (QED) is 0.619. The highest BCUT2D eigenvalue weighted by molar-refractivity contribution is 7.89.